The van der Waals surface area contributed by atoms with Crippen molar-refractivity contribution in [3.8, 4) is 17.6 Å². The molecular formula is C25H22N4O6S. The minimum absolute atomic E-state index is 0.0350. The Kier molecular flexibility index (Phi) is 7.26. The maximum absolute atomic E-state index is 12.9. The normalized spacial score (nSPS) is 17.1. The van der Waals surface area contributed by atoms with Crippen molar-refractivity contribution in [3.05, 3.63) is 80.0 Å². The quantitative estimate of drug-likeness (QED) is 0.372. The van der Waals surface area contributed by atoms with E-state index in [0.717, 1.165) is 17.5 Å². The monoisotopic (exact) mass is 506 g/mol. The highest BCUT2D eigenvalue weighted by molar-refractivity contribution is 8.03. The van der Waals surface area contributed by atoms with Gasteiger partial charge in [0, 0.05) is 35.5 Å². The lowest BCUT2D eigenvalue weighted by Crippen LogP contribution is -2.31. The van der Waals surface area contributed by atoms with Gasteiger partial charge in [0.1, 0.15) is 0 Å². The largest absolute Gasteiger partial charge is 0.504 e. The van der Waals surface area contributed by atoms with Crippen LogP contribution >= 0.6 is 11.8 Å². The number of nitriles is 1. The molecule has 0 spiro atoms. The number of ketones is 1. The van der Waals surface area contributed by atoms with Crippen LogP contribution in [0.3, 0.4) is 0 Å². The number of dihydropyridines is 1. The van der Waals surface area contributed by atoms with Gasteiger partial charge in [0.15, 0.2) is 17.3 Å². The number of methoxy groups -OCH3 is 1. The number of non-ortho nitro benzene ring substituents is 1. The number of carbonyl (C=O) groups is 2. The number of nitro benzene ring substituents is 1. The summed E-state index contributed by atoms with van der Waals surface area (Å²) in [5.74, 6) is -0.929. The van der Waals surface area contributed by atoms with Crippen molar-refractivity contribution in [2.75, 3.05) is 18.2 Å². The molecule has 2 aliphatic rings. The van der Waals surface area contributed by atoms with Crippen molar-refractivity contribution < 1.29 is 24.4 Å². The van der Waals surface area contributed by atoms with Gasteiger partial charge in [-0.3, -0.25) is 19.7 Å². The Morgan fingerprint density at radius 1 is 1.31 bits per heavy atom. The summed E-state index contributed by atoms with van der Waals surface area (Å²) in [6, 6.07) is 12.4. The van der Waals surface area contributed by atoms with Gasteiger partial charge in [-0.25, -0.2) is 0 Å². The van der Waals surface area contributed by atoms with Crippen LogP contribution in [-0.2, 0) is 9.59 Å². The number of thioether (sulfide) groups is 1. The van der Waals surface area contributed by atoms with Gasteiger partial charge in [0.05, 0.1) is 40.4 Å². The van der Waals surface area contributed by atoms with Crippen molar-refractivity contribution in [1.29, 1.82) is 5.26 Å². The van der Waals surface area contributed by atoms with Gasteiger partial charge in [0.25, 0.3) is 5.69 Å². The zero-order valence-electron chi connectivity index (χ0n) is 19.2. The summed E-state index contributed by atoms with van der Waals surface area (Å²) in [7, 11) is 1.42. The molecule has 0 radical (unpaired) electrons. The van der Waals surface area contributed by atoms with Gasteiger partial charge in [-0.2, -0.15) is 5.26 Å². The second-order valence-corrected chi connectivity index (χ2v) is 9.14. The molecular weight excluding hydrogens is 484 g/mol. The van der Waals surface area contributed by atoms with Crippen molar-refractivity contribution in [2.45, 2.75) is 25.2 Å². The maximum Gasteiger partial charge on any atom is 0.269 e. The molecule has 0 unspecified atom stereocenters. The smallest absolute Gasteiger partial charge is 0.269 e. The number of rotatable bonds is 7. The summed E-state index contributed by atoms with van der Waals surface area (Å²) < 4.78 is 5.23. The highest BCUT2D eigenvalue weighted by atomic mass is 32.2. The SMILES string of the molecule is COc1cc([C@H]2C(C#N)=C(SCC(=O)Nc3ccc([N+](=O)[O-])cc3)NC3=C2C(=O)CCC3)ccc1O. The Bertz CT molecular complexity index is 1340. The molecule has 1 amide bonds. The second-order valence-electron chi connectivity index (χ2n) is 8.15. The molecule has 1 aliphatic carbocycles. The van der Waals surface area contributed by atoms with Crippen LogP contribution in [0.1, 0.15) is 30.7 Å². The van der Waals surface area contributed by atoms with Crippen LogP contribution in [0.25, 0.3) is 0 Å². The number of nitro groups is 1. The first kappa shape index (κ1) is 24.8. The first-order chi connectivity index (χ1) is 17.3. The van der Waals surface area contributed by atoms with E-state index in [0.29, 0.717) is 46.7 Å². The summed E-state index contributed by atoms with van der Waals surface area (Å²) in [5.41, 5.74) is 2.49. The average Bonchev–Trinajstić information content (AvgIpc) is 2.87. The number of amides is 1. The fourth-order valence-corrected chi connectivity index (χ4v) is 5.11. The molecule has 2 aromatic carbocycles. The molecule has 0 saturated carbocycles. The summed E-state index contributed by atoms with van der Waals surface area (Å²) in [6.45, 7) is 0. The third kappa shape index (κ3) is 5.04. The predicted molar refractivity (Wildman–Crippen MR) is 133 cm³/mol. The van der Waals surface area contributed by atoms with Gasteiger partial charge in [-0.15, -0.1) is 0 Å². The number of ether oxygens (including phenoxy) is 1. The topological polar surface area (TPSA) is 155 Å². The van der Waals surface area contributed by atoms with E-state index in [4.69, 9.17) is 4.74 Å². The van der Waals surface area contributed by atoms with Gasteiger partial charge >= 0.3 is 0 Å². The van der Waals surface area contributed by atoms with E-state index in [9.17, 15) is 30.1 Å². The molecule has 1 heterocycles. The van der Waals surface area contributed by atoms with Crippen LogP contribution in [-0.4, -0.2) is 34.6 Å². The molecule has 36 heavy (non-hydrogen) atoms. The summed E-state index contributed by atoms with van der Waals surface area (Å²) in [5, 5.41) is 37.3. The number of phenols is 1. The Labute approximate surface area is 210 Å². The fraction of sp³-hybridized carbons (Fsp3) is 0.240. The van der Waals surface area contributed by atoms with E-state index in [2.05, 4.69) is 16.7 Å². The number of benzene rings is 2. The molecule has 0 fully saturated rings. The molecule has 1 aliphatic heterocycles. The summed E-state index contributed by atoms with van der Waals surface area (Å²) in [6.07, 6.45) is 1.69. The molecule has 0 bridgehead atoms. The van der Waals surface area contributed by atoms with Gasteiger partial charge < -0.3 is 20.5 Å². The molecule has 11 heteroatoms. The Morgan fingerprint density at radius 3 is 2.72 bits per heavy atom. The van der Waals surface area contributed by atoms with Crippen molar-refractivity contribution in [3.63, 3.8) is 0 Å². The van der Waals surface area contributed by atoms with Crippen molar-refractivity contribution >= 4 is 34.8 Å². The van der Waals surface area contributed by atoms with Crippen LogP contribution < -0.4 is 15.4 Å². The van der Waals surface area contributed by atoms with Crippen LogP contribution in [0.15, 0.2) is 64.3 Å². The van der Waals surface area contributed by atoms with Crippen LogP contribution in [0.4, 0.5) is 11.4 Å². The Balaban J connectivity index is 1.60. The van der Waals surface area contributed by atoms with E-state index in [1.807, 2.05) is 0 Å². The zero-order chi connectivity index (χ0) is 25.8. The van der Waals surface area contributed by atoms with Crippen LogP contribution in [0.2, 0.25) is 0 Å². The lowest BCUT2D eigenvalue weighted by atomic mass is 9.77. The molecule has 4 rings (SSSR count). The molecule has 3 N–H and O–H groups in total. The van der Waals surface area contributed by atoms with E-state index < -0.39 is 10.8 Å². The maximum atomic E-state index is 12.9. The van der Waals surface area contributed by atoms with Crippen LogP contribution in [0.5, 0.6) is 11.5 Å². The number of carbonyl (C=O) groups excluding carboxylic acids is 2. The fourth-order valence-electron chi connectivity index (χ4n) is 4.25. The molecule has 10 nitrogen and oxygen atoms in total. The number of anilines is 1. The van der Waals surface area contributed by atoms with Crippen LogP contribution in [0, 0.1) is 21.4 Å². The number of nitrogens with zero attached hydrogens (tertiary/aromatic N) is 2. The number of allylic oxidation sites excluding steroid dienone is 3. The molecule has 1 atom stereocenters. The van der Waals surface area contributed by atoms with Crippen molar-refractivity contribution in [2.24, 2.45) is 0 Å². The molecule has 2 aromatic rings. The van der Waals surface area contributed by atoms with Gasteiger partial charge in [0.2, 0.25) is 5.91 Å². The first-order valence-electron chi connectivity index (χ1n) is 11.0. The number of phenolic OH excluding ortho intramolecular Hbond substituents is 1. The average molecular weight is 507 g/mol. The predicted octanol–water partition coefficient (Wildman–Crippen LogP) is 4.11. The van der Waals surface area contributed by atoms with E-state index in [1.165, 1.54) is 37.4 Å². The molecule has 0 aromatic heterocycles. The standard InChI is InChI=1S/C25H22N4O6S/c1-35-21-11-14(5-10-19(21)30)23-17(12-26)25(28-18-3-2-4-20(31)24(18)23)36-13-22(32)27-15-6-8-16(9-7-15)29(33)34/h5-11,23,28,30H,2-4,13H2,1H3,(H,27,32)/t23-/m0/s1. The second kappa shape index (κ2) is 10.5. The van der Waals surface area contributed by atoms with Crippen molar-refractivity contribution in [1.82, 2.24) is 5.32 Å². The molecule has 0 saturated heterocycles. The van der Waals surface area contributed by atoms with E-state index in [-0.39, 0.29) is 34.6 Å². The Morgan fingerprint density at radius 2 is 2.06 bits per heavy atom. The Hall–Kier alpha value is -4.30. The lowest BCUT2D eigenvalue weighted by molar-refractivity contribution is -0.384. The minimum atomic E-state index is -0.659. The summed E-state index contributed by atoms with van der Waals surface area (Å²) >= 11 is 1.13. The third-order valence-corrected chi connectivity index (χ3v) is 6.93. The van der Waals surface area contributed by atoms with Gasteiger partial charge in [-0.05, 0) is 42.7 Å². The van der Waals surface area contributed by atoms with E-state index in [1.54, 1.807) is 12.1 Å². The lowest BCUT2D eigenvalue weighted by Gasteiger charge is -2.33. The highest BCUT2D eigenvalue weighted by Crippen LogP contribution is 2.45. The number of Topliss-reactive ketones (excluding diaryl/α,β-unsaturated/α-hetero) is 1. The first-order valence-corrected chi connectivity index (χ1v) is 12.0. The highest BCUT2D eigenvalue weighted by Gasteiger charge is 2.37. The zero-order valence-corrected chi connectivity index (χ0v) is 20.1. The van der Waals surface area contributed by atoms with E-state index >= 15 is 0 Å². The number of nitrogens with one attached hydrogen (secondary N) is 2. The number of hydrogen-bond donors (Lipinski definition) is 3. The summed E-state index contributed by atoms with van der Waals surface area (Å²) in [4.78, 5) is 35.8. The molecule has 184 valence electrons. The number of hydrogen-bond acceptors (Lipinski definition) is 9. The third-order valence-electron chi connectivity index (χ3n) is 5.91. The minimum Gasteiger partial charge on any atom is -0.504 e. The van der Waals surface area contributed by atoms with Gasteiger partial charge in [-0.1, -0.05) is 17.8 Å². The number of aromatic hydroxyl groups is 1.